The van der Waals surface area contributed by atoms with Crippen molar-refractivity contribution in [2.45, 2.75) is 58.8 Å². The number of carbonyl (C=O) groups is 2. The van der Waals surface area contributed by atoms with E-state index in [0.717, 1.165) is 0 Å². The molecule has 0 radical (unpaired) electrons. The lowest BCUT2D eigenvalue weighted by Gasteiger charge is -2.27. The van der Waals surface area contributed by atoms with Gasteiger partial charge in [0.25, 0.3) is 0 Å². The second kappa shape index (κ2) is 6.81. The summed E-state index contributed by atoms with van der Waals surface area (Å²) in [6, 6.07) is 7.79. The van der Waals surface area contributed by atoms with Gasteiger partial charge in [-0.1, -0.05) is 18.2 Å². The highest BCUT2D eigenvalue weighted by Gasteiger charge is 2.34. The zero-order valence-electron chi connectivity index (χ0n) is 14.1. The van der Waals surface area contributed by atoms with E-state index in [4.69, 9.17) is 9.47 Å². The summed E-state index contributed by atoms with van der Waals surface area (Å²) in [5.41, 5.74) is -0.727. The van der Waals surface area contributed by atoms with Gasteiger partial charge in [0.2, 0.25) is 6.04 Å². The van der Waals surface area contributed by atoms with Gasteiger partial charge in [-0.3, -0.25) is 0 Å². The largest absolute Gasteiger partial charge is 0.458 e. The molecule has 0 unspecified atom stereocenters. The van der Waals surface area contributed by atoms with Gasteiger partial charge in [0.05, 0.1) is 0 Å². The number of anilines is 1. The van der Waals surface area contributed by atoms with Crippen LogP contribution in [0.5, 0.6) is 0 Å². The van der Waals surface area contributed by atoms with Gasteiger partial charge in [0.1, 0.15) is 11.2 Å². The molecule has 0 aliphatic carbocycles. The monoisotopic (exact) mass is 307 g/mol. The molecule has 122 valence electrons. The molecule has 0 amide bonds. The third-order valence-corrected chi connectivity index (χ3v) is 2.37. The number of ether oxygens (including phenoxy) is 2. The van der Waals surface area contributed by atoms with Crippen molar-refractivity contribution >= 4 is 17.6 Å². The highest BCUT2D eigenvalue weighted by molar-refractivity contribution is 6.02. The third-order valence-electron chi connectivity index (χ3n) is 2.37. The second-order valence-electron chi connectivity index (χ2n) is 7.01. The minimum Gasteiger partial charge on any atom is -0.458 e. The first-order chi connectivity index (χ1) is 9.98. The molecule has 0 atom stereocenters. The molecular formula is C17H25NO4. The molecule has 0 fully saturated rings. The quantitative estimate of drug-likeness (QED) is 0.684. The van der Waals surface area contributed by atoms with Crippen LogP contribution in [0.25, 0.3) is 0 Å². The van der Waals surface area contributed by atoms with Crippen LogP contribution in [0.1, 0.15) is 41.5 Å². The molecule has 0 bridgehead atoms. The number of para-hydroxylation sites is 1. The smallest absolute Gasteiger partial charge is 0.340 e. The van der Waals surface area contributed by atoms with Gasteiger partial charge < -0.3 is 14.8 Å². The number of benzene rings is 1. The summed E-state index contributed by atoms with van der Waals surface area (Å²) >= 11 is 0. The predicted molar refractivity (Wildman–Crippen MR) is 85.5 cm³/mol. The highest BCUT2D eigenvalue weighted by atomic mass is 16.6. The maximum absolute atomic E-state index is 12.3. The first-order valence-electron chi connectivity index (χ1n) is 7.25. The summed E-state index contributed by atoms with van der Waals surface area (Å²) in [7, 11) is 0. The topological polar surface area (TPSA) is 64.6 Å². The number of nitrogens with one attached hydrogen (secondary N) is 1. The molecule has 22 heavy (non-hydrogen) atoms. The van der Waals surface area contributed by atoms with Gasteiger partial charge in [-0.15, -0.1) is 0 Å². The highest BCUT2D eigenvalue weighted by Crippen LogP contribution is 2.16. The van der Waals surface area contributed by atoms with E-state index in [2.05, 4.69) is 5.32 Å². The van der Waals surface area contributed by atoms with E-state index in [9.17, 15) is 9.59 Å². The molecule has 0 aromatic heterocycles. The summed E-state index contributed by atoms with van der Waals surface area (Å²) in [6.45, 7) is 10.5. The van der Waals surface area contributed by atoms with Gasteiger partial charge in [-0.25, -0.2) is 9.59 Å². The summed E-state index contributed by atoms with van der Waals surface area (Å²) in [4.78, 5) is 24.6. The van der Waals surface area contributed by atoms with E-state index in [-0.39, 0.29) is 0 Å². The van der Waals surface area contributed by atoms with Crippen molar-refractivity contribution in [2.24, 2.45) is 0 Å². The van der Waals surface area contributed by atoms with Crippen LogP contribution in [-0.4, -0.2) is 29.2 Å². The SMILES string of the molecule is CC(C)(C)OC(=O)C(Nc1ccccc1)C(=O)OC(C)(C)C. The summed E-state index contributed by atoms with van der Waals surface area (Å²) < 4.78 is 10.6. The van der Waals surface area contributed by atoms with Crippen molar-refractivity contribution in [3.05, 3.63) is 30.3 Å². The minimum atomic E-state index is -1.21. The lowest BCUT2D eigenvalue weighted by Crippen LogP contribution is -2.45. The Hall–Kier alpha value is -2.04. The van der Waals surface area contributed by atoms with E-state index in [0.29, 0.717) is 5.69 Å². The standard InChI is InChI=1S/C17H25NO4/c1-16(2,3)21-14(19)13(15(20)22-17(4,5)6)18-12-10-8-7-9-11-12/h7-11,13,18H,1-6H3. The van der Waals surface area contributed by atoms with Crippen molar-refractivity contribution in [2.75, 3.05) is 5.32 Å². The van der Waals surface area contributed by atoms with E-state index in [1.54, 1.807) is 53.7 Å². The number of rotatable bonds is 4. The maximum atomic E-state index is 12.3. The zero-order valence-corrected chi connectivity index (χ0v) is 14.1. The summed E-state index contributed by atoms with van der Waals surface area (Å²) in [5.74, 6) is -1.32. The normalized spacial score (nSPS) is 12.0. The Morgan fingerprint density at radius 3 is 1.64 bits per heavy atom. The summed E-state index contributed by atoms with van der Waals surface area (Å²) in [5, 5.41) is 2.87. The predicted octanol–water partition coefficient (Wildman–Crippen LogP) is 3.15. The van der Waals surface area contributed by atoms with Crippen molar-refractivity contribution in [1.29, 1.82) is 0 Å². The average Bonchev–Trinajstić information content (AvgIpc) is 2.32. The van der Waals surface area contributed by atoms with Crippen LogP contribution in [0.2, 0.25) is 0 Å². The Morgan fingerprint density at radius 2 is 1.27 bits per heavy atom. The molecule has 5 heteroatoms. The maximum Gasteiger partial charge on any atom is 0.340 e. The van der Waals surface area contributed by atoms with Crippen LogP contribution >= 0.6 is 0 Å². The van der Waals surface area contributed by atoms with E-state index < -0.39 is 29.2 Å². The summed E-state index contributed by atoms with van der Waals surface area (Å²) in [6.07, 6.45) is 0. The fourth-order valence-corrected chi connectivity index (χ4v) is 1.64. The molecule has 0 aliphatic heterocycles. The van der Waals surface area contributed by atoms with Gasteiger partial charge in [-0.2, -0.15) is 0 Å². The van der Waals surface area contributed by atoms with Crippen molar-refractivity contribution in [3.63, 3.8) is 0 Å². The second-order valence-corrected chi connectivity index (χ2v) is 7.01. The molecule has 5 nitrogen and oxygen atoms in total. The Bertz CT molecular complexity index is 484. The van der Waals surface area contributed by atoms with Gasteiger partial charge >= 0.3 is 11.9 Å². The van der Waals surface area contributed by atoms with Crippen LogP contribution in [0, 0.1) is 0 Å². The van der Waals surface area contributed by atoms with Gasteiger partial charge in [-0.05, 0) is 53.7 Å². The lowest BCUT2D eigenvalue weighted by atomic mass is 10.1. The van der Waals surface area contributed by atoms with Crippen LogP contribution < -0.4 is 5.32 Å². The molecule has 1 N–H and O–H groups in total. The van der Waals surface area contributed by atoms with Crippen molar-refractivity contribution in [1.82, 2.24) is 0 Å². The van der Waals surface area contributed by atoms with E-state index in [1.165, 1.54) is 0 Å². The number of hydrogen-bond donors (Lipinski definition) is 1. The van der Waals surface area contributed by atoms with Crippen LogP contribution in [0.15, 0.2) is 30.3 Å². The Morgan fingerprint density at radius 1 is 0.864 bits per heavy atom. The molecular weight excluding hydrogens is 282 g/mol. The van der Waals surface area contributed by atoms with Crippen molar-refractivity contribution < 1.29 is 19.1 Å². The minimum absolute atomic E-state index is 0.643. The first kappa shape index (κ1) is 18.0. The Balaban J connectivity index is 2.94. The Labute approximate surface area is 132 Å². The molecule has 0 aliphatic rings. The van der Waals surface area contributed by atoms with Gasteiger partial charge in [0.15, 0.2) is 0 Å². The van der Waals surface area contributed by atoms with Gasteiger partial charge in [0, 0.05) is 5.69 Å². The molecule has 1 aromatic carbocycles. The van der Waals surface area contributed by atoms with E-state index in [1.807, 2.05) is 18.2 Å². The molecule has 1 rings (SSSR count). The number of carbonyl (C=O) groups excluding carboxylic acids is 2. The van der Waals surface area contributed by atoms with Crippen molar-refractivity contribution in [3.8, 4) is 0 Å². The van der Waals surface area contributed by atoms with E-state index >= 15 is 0 Å². The van der Waals surface area contributed by atoms with Crippen LogP contribution in [-0.2, 0) is 19.1 Å². The molecule has 0 saturated carbocycles. The fraction of sp³-hybridized carbons (Fsp3) is 0.529. The molecule has 0 heterocycles. The van der Waals surface area contributed by atoms with Crippen LogP contribution in [0.4, 0.5) is 5.69 Å². The Kier molecular flexibility index (Phi) is 5.58. The number of esters is 2. The molecule has 0 spiro atoms. The fourth-order valence-electron chi connectivity index (χ4n) is 1.64. The lowest BCUT2D eigenvalue weighted by molar-refractivity contribution is -0.167. The third kappa shape index (κ3) is 6.61. The first-order valence-corrected chi connectivity index (χ1v) is 7.25. The molecule has 1 aromatic rings. The van der Waals surface area contributed by atoms with Crippen LogP contribution in [0.3, 0.4) is 0 Å². The average molecular weight is 307 g/mol. The zero-order chi connectivity index (χ0) is 17.0. The number of hydrogen-bond acceptors (Lipinski definition) is 5. The molecule has 0 saturated heterocycles.